The second-order valence-corrected chi connectivity index (χ2v) is 14.1. The van der Waals surface area contributed by atoms with Gasteiger partial charge in [0, 0.05) is 62.8 Å². The molecule has 3 amide bonds. The highest BCUT2D eigenvalue weighted by Crippen LogP contribution is 2.42. The Labute approximate surface area is 260 Å². The maximum absolute atomic E-state index is 16.5. The maximum atomic E-state index is 16.5. The van der Waals surface area contributed by atoms with Crippen LogP contribution in [0, 0.1) is 17.8 Å². The summed E-state index contributed by atoms with van der Waals surface area (Å²) in [6.07, 6.45) is 0.757. The number of piperidine rings is 2. The molecule has 6 rings (SSSR count). The van der Waals surface area contributed by atoms with Crippen LogP contribution < -0.4 is 16.0 Å². The van der Waals surface area contributed by atoms with Gasteiger partial charge in [0.25, 0.3) is 0 Å². The molecule has 0 spiro atoms. The molecule has 5 aliphatic heterocycles. The van der Waals surface area contributed by atoms with Crippen LogP contribution in [-0.4, -0.2) is 127 Å². The van der Waals surface area contributed by atoms with E-state index in [1.165, 1.54) is 6.08 Å². The molecule has 44 heavy (non-hydrogen) atoms. The minimum Gasteiger partial charge on any atom is -0.378 e. The van der Waals surface area contributed by atoms with Crippen LogP contribution in [0.1, 0.15) is 59.3 Å². The second kappa shape index (κ2) is 13.5. The Kier molecular flexibility index (Phi) is 9.83. The van der Waals surface area contributed by atoms with E-state index in [4.69, 9.17) is 9.47 Å². The molecular formula is C32H52F2N6O4. The summed E-state index contributed by atoms with van der Waals surface area (Å²) < 4.78 is 45.1. The number of urea groups is 1. The van der Waals surface area contributed by atoms with Gasteiger partial charge in [-0.15, -0.1) is 0 Å². The lowest BCUT2D eigenvalue weighted by atomic mass is 9.73. The van der Waals surface area contributed by atoms with Crippen LogP contribution in [0.25, 0.3) is 0 Å². The van der Waals surface area contributed by atoms with E-state index in [1.54, 1.807) is 4.90 Å². The molecule has 1 saturated carbocycles. The molecule has 248 valence electrons. The quantitative estimate of drug-likeness (QED) is 0.416. The van der Waals surface area contributed by atoms with Crippen molar-refractivity contribution >= 4 is 11.9 Å². The van der Waals surface area contributed by atoms with Gasteiger partial charge in [-0.1, -0.05) is 20.4 Å². The predicted octanol–water partition coefficient (Wildman–Crippen LogP) is 2.40. The molecule has 2 bridgehead atoms. The van der Waals surface area contributed by atoms with Crippen molar-refractivity contribution < 1.29 is 27.8 Å². The zero-order chi connectivity index (χ0) is 31.1. The number of hydrogen-bond acceptors (Lipinski definition) is 7. The lowest BCUT2D eigenvalue weighted by molar-refractivity contribution is -0.134. The predicted molar refractivity (Wildman–Crippen MR) is 162 cm³/mol. The zero-order valence-electron chi connectivity index (χ0n) is 26.5. The number of nitrogens with zero attached hydrogens (tertiary/aromatic N) is 3. The van der Waals surface area contributed by atoms with Crippen LogP contribution >= 0.6 is 0 Å². The van der Waals surface area contributed by atoms with E-state index in [0.717, 1.165) is 19.4 Å². The fourth-order valence-electron chi connectivity index (χ4n) is 9.09. The van der Waals surface area contributed by atoms with Gasteiger partial charge in [-0.3, -0.25) is 15.0 Å². The average Bonchev–Trinajstić information content (AvgIpc) is 3.01. The first kappa shape index (κ1) is 32.1. The number of rotatable bonds is 3. The fraction of sp³-hybridized carbons (Fsp3) is 0.875. The van der Waals surface area contributed by atoms with E-state index in [-0.39, 0.29) is 60.5 Å². The topological polar surface area (TPSA) is 98.4 Å². The molecule has 12 atom stereocenters. The minimum atomic E-state index is -1.30. The summed E-state index contributed by atoms with van der Waals surface area (Å²) in [4.78, 5) is 32.7. The van der Waals surface area contributed by atoms with Gasteiger partial charge in [-0.05, 0) is 64.0 Å². The van der Waals surface area contributed by atoms with Crippen molar-refractivity contribution in [2.45, 2.75) is 120 Å². The molecule has 1 aliphatic carbocycles. The van der Waals surface area contributed by atoms with E-state index in [0.29, 0.717) is 52.1 Å². The Balaban J connectivity index is 1.38. The fourth-order valence-corrected chi connectivity index (χ4v) is 9.09. The van der Waals surface area contributed by atoms with Gasteiger partial charge in [0.2, 0.25) is 5.91 Å². The third kappa shape index (κ3) is 6.01. The van der Waals surface area contributed by atoms with Crippen molar-refractivity contribution in [2.75, 3.05) is 39.4 Å². The number of amides is 3. The van der Waals surface area contributed by atoms with Crippen molar-refractivity contribution in [3.63, 3.8) is 0 Å². The largest absolute Gasteiger partial charge is 0.378 e. The van der Waals surface area contributed by atoms with Gasteiger partial charge < -0.3 is 29.9 Å². The molecule has 6 aliphatic rings. The SMILES string of the molecule is C=CC(=O)N1CCN(C2NC(=O)N3C4NC(C(F)CC42)C2C(F)CCCC2OCCCOC2CCNC(C(C)C)C23)[C@@H](C)C1. The summed E-state index contributed by atoms with van der Waals surface area (Å²) in [6.45, 7) is 13.2. The lowest BCUT2D eigenvalue weighted by Gasteiger charge is -2.60. The van der Waals surface area contributed by atoms with E-state index < -0.39 is 36.6 Å². The highest BCUT2D eigenvalue weighted by Gasteiger charge is 2.57. The van der Waals surface area contributed by atoms with Crippen molar-refractivity contribution in [1.82, 2.24) is 30.7 Å². The molecule has 12 heteroatoms. The molecule has 5 saturated heterocycles. The highest BCUT2D eigenvalue weighted by atomic mass is 19.1. The van der Waals surface area contributed by atoms with Gasteiger partial charge >= 0.3 is 6.03 Å². The van der Waals surface area contributed by atoms with Crippen LogP contribution in [0.3, 0.4) is 0 Å². The molecule has 11 unspecified atom stereocenters. The summed E-state index contributed by atoms with van der Waals surface area (Å²) in [5.74, 6) is -0.821. The van der Waals surface area contributed by atoms with E-state index in [2.05, 4.69) is 41.3 Å². The number of fused-ring (bicyclic) bond motifs is 5. The Hall–Kier alpha value is -1.86. The molecular weight excluding hydrogens is 570 g/mol. The number of piperazine rings is 1. The van der Waals surface area contributed by atoms with E-state index in [9.17, 15) is 9.59 Å². The Morgan fingerprint density at radius 3 is 2.55 bits per heavy atom. The second-order valence-electron chi connectivity index (χ2n) is 14.1. The van der Waals surface area contributed by atoms with Crippen LogP contribution in [0.15, 0.2) is 12.7 Å². The number of nitrogens with one attached hydrogen (secondary N) is 3. The van der Waals surface area contributed by atoms with E-state index in [1.807, 2.05) is 11.8 Å². The minimum absolute atomic E-state index is 0.0230. The first-order valence-corrected chi connectivity index (χ1v) is 17.0. The van der Waals surface area contributed by atoms with E-state index >= 15 is 8.78 Å². The number of alkyl halides is 2. The molecule has 0 aromatic heterocycles. The summed E-state index contributed by atoms with van der Waals surface area (Å²) in [5, 5.41) is 10.6. The Morgan fingerprint density at radius 1 is 1.05 bits per heavy atom. The average molecular weight is 623 g/mol. The van der Waals surface area contributed by atoms with Gasteiger partial charge in [-0.25, -0.2) is 13.6 Å². The molecule has 0 aromatic rings. The summed E-state index contributed by atoms with van der Waals surface area (Å²) in [7, 11) is 0. The smallest absolute Gasteiger partial charge is 0.320 e. The first-order chi connectivity index (χ1) is 21.2. The van der Waals surface area contributed by atoms with Gasteiger partial charge in [0.1, 0.15) is 12.3 Å². The summed E-state index contributed by atoms with van der Waals surface area (Å²) in [6, 6.07) is -1.35. The molecule has 10 nitrogen and oxygen atoms in total. The standard InChI is InChI=1S/C32H52F2N6O4/c1-5-25(41)38-12-13-39(19(4)17-38)30-20-16-22(34)28-26-21(33)8-6-9-23(26)43-14-7-15-44-24-10-11-35-27(18(2)3)29(24)40(31(20)36-28)32(42)37-30/h5,18-24,26-31,35-36H,1,6-17H2,2-4H3,(H,37,42)/t19-,20?,21?,22?,23?,24?,26?,27?,28?,29?,30?,31?/m0/s1. The number of carbonyl (C=O) groups is 2. The van der Waals surface area contributed by atoms with Crippen molar-refractivity contribution in [3.05, 3.63) is 12.7 Å². The van der Waals surface area contributed by atoms with Crippen molar-refractivity contribution in [1.29, 1.82) is 0 Å². The lowest BCUT2D eigenvalue weighted by Crippen LogP contribution is -2.80. The molecule has 0 aromatic carbocycles. The number of carbonyl (C=O) groups excluding carboxylic acids is 2. The number of ether oxygens (including phenoxy) is 2. The Morgan fingerprint density at radius 2 is 1.82 bits per heavy atom. The van der Waals surface area contributed by atoms with Gasteiger partial charge in [0.15, 0.2) is 0 Å². The normalized spacial score (nSPS) is 43.9. The van der Waals surface area contributed by atoms with Crippen molar-refractivity contribution in [3.8, 4) is 0 Å². The van der Waals surface area contributed by atoms with Gasteiger partial charge in [0.05, 0.1) is 30.6 Å². The number of hydrogen-bond donors (Lipinski definition) is 3. The van der Waals surface area contributed by atoms with Crippen LogP contribution in [0.5, 0.6) is 0 Å². The zero-order valence-corrected chi connectivity index (χ0v) is 26.5. The highest BCUT2D eigenvalue weighted by molar-refractivity contribution is 5.87. The van der Waals surface area contributed by atoms with Crippen molar-refractivity contribution in [2.24, 2.45) is 17.8 Å². The molecule has 0 radical (unpaired) electrons. The molecule has 3 N–H and O–H groups in total. The third-order valence-electron chi connectivity index (χ3n) is 11.2. The molecule has 6 fully saturated rings. The first-order valence-electron chi connectivity index (χ1n) is 17.0. The molecule has 5 heterocycles. The maximum Gasteiger partial charge on any atom is 0.320 e. The Bertz CT molecular complexity index is 1050. The summed E-state index contributed by atoms with van der Waals surface area (Å²) in [5.41, 5.74) is 0. The van der Waals surface area contributed by atoms with Crippen LogP contribution in [0.4, 0.5) is 13.6 Å². The van der Waals surface area contributed by atoms with Gasteiger partial charge in [-0.2, -0.15) is 0 Å². The van der Waals surface area contributed by atoms with Crippen LogP contribution in [-0.2, 0) is 14.3 Å². The van der Waals surface area contributed by atoms with Crippen LogP contribution in [0.2, 0.25) is 0 Å². The number of halogens is 2. The third-order valence-corrected chi connectivity index (χ3v) is 11.2. The monoisotopic (exact) mass is 622 g/mol. The summed E-state index contributed by atoms with van der Waals surface area (Å²) >= 11 is 0.